The van der Waals surface area contributed by atoms with E-state index < -0.39 is 43.4 Å². The van der Waals surface area contributed by atoms with Crippen molar-refractivity contribution in [1.82, 2.24) is 10.6 Å². The van der Waals surface area contributed by atoms with Crippen LogP contribution in [0.1, 0.15) is 19.8 Å². The predicted molar refractivity (Wildman–Crippen MR) is 103 cm³/mol. The molecule has 0 radical (unpaired) electrons. The number of aliphatic hydroxyl groups is 2. The van der Waals surface area contributed by atoms with Crippen molar-refractivity contribution in [2.75, 3.05) is 32.6 Å². The fourth-order valence-electron chi connectivity index (χ4n) is 3.05. The molecule has 0 aliphatic carbocycles. The van der Waals surface area contributed by atoms with Crippen molar-refractivity contribution in [1.29, 1.82) is 0 Å². The fourth-order valence-corrected chi connectivity index (χ4v) is 4.00. The Labute approximate surface area is 154 Å². The quantitative estimate of drug-likeness (QED) is 0.253. The number of hydrogen-bond acceptors (Lipinski definition) is 6. The summed E-state index contributed by atoms with van der Waals surface area (Å²) in [6.07, 6.45) is 4.03. The van der Waals surface area contributed by atoms with Gasteiger partial charge in [-0.25, -0.2) is 4.79 Å². The summed E-state index contributed by atoms with van der Waals surface area (Å²) in [6.45, 7) is 6.06. The SMILES string of the molecule is C=P(C)(C)CC[C@H]1OC([N+]2=CC(CNCCC)C(=O)NC2=O)[C@H](O)[C@@H]1O. The molecule has 0 aromatic rings. The first-order valence-corrected chi connectivity index (χ1v) is 12.1. The minimum absolute atomic E-state index is 0.386. The minimum Gasteiger partial charge on any atom is -0.387 e. The number of imide groups is 1. The normalized spacial score (nSPS) is 32.5. The van der Waals surface area contributed by atoms with Gasteiger partial charge >= 0.3 is 11.9 Å². The molecule has 0 saturated carbocycles. The molecule has 1 saturated heterocycles. The maximum atomic E-state index is 12.2. The second-order valence-electron chi connectivity index (χ2n) is 7.66. The molecule has 0 bridgehead atoms. The van der Waals surface area contributed by atoms with Crippen LogP contribution in [0, 0.1) is 5.92 Å². The van der Waals surface area contributed by atoms with Gasteiger partial charge in [-0.1, -0.05) is 6.92 Å². The van der Waals surface area contributed by atoms with E-state index in [1.54, 1.807) is 0 Å². The van der Waals surface area contributed by atoms with E-state index in [0.29, 0.717) is 13.0 Å². The third kappa shape index (κ3) is 5.24. The monoisotopic (exact) mass is 388 g/mol. The highest BCUT2D eigenvalue weighted by atomic mass is 31.2. The predicted octanol–water partition coefficient (Wildman–Crippen LogP) is -0.519. The van der Waals surface area contributed by atoms with Gasteiger partial charge in [0.05, 0.1) is 12.3 Å². The molecule has 3 amide bonds. The summed E-state index contributed by atoms with van der Waals surface area (Å²) in [5.74, 6) is -0.931. The Kier molecular flexibility index (Phi) is 7.16. The van der Waals surface area contributed by atoms with Crippen molar-refractivity contribution in [2.45, 2.75) is 44.3 Å². The number of aliphatic hydroxyl groups excluding tert-OH is 2. The number of hydrogen-bond donors (Lipinski definition) is 4. The Morgan fingerprint density at radius 3 is 2.65 bits per heavy atom. The Morgan fingerprint density at radius 1 is 1.35 bits per heavy atom. The van der Waals surface area contributed by atoms with E-state index in [0.717, 1.165) is 19.1 Å². The van der Waals surface area contributed by atoms with Gasteiger partial charge in [0, 0.05) is 6.54 Å². The number of rotatable bonds is 8. The molecule has 8 nitrogen and oxygen atoms in total. The average Bonchev–Trinajstić information content (AvgIpc) is 2.83. The van der Waals surface area contributed by atoms with Gasteiger partial charge in [0.15, 0.2) is 0 Å². The second kappa shape index (κ2) is 8.76. The maximum absolute atomic E-state index is 12.2. The topological polar surface area (TPSA) is 111 Å². The summed E-state index contributed by atoms with van der Waals surface area (Å²) in [4.78, 5) is 24.2. The van der Waals surface area contributed by atoms with Crippen LogP contribution in [0.5, 0.6) is 0 Å². The second-order valence-corrected chi connectivity index (χ2v) is 12.0. The Bertz CT molecular complexity index is 618. The van der Waals surface area contributed by atoms with E-state index in [1.807, 2.05) is 6.92 Å². The highest BCUT2D eigenvalue weighted by Gasteiger charge is 2.50. The van der Waals surface area contributed by atoms with E-state index in [-0.39, 0.29) is 5.91 Å². The summed E-state index contributed by atoms with van der Waals surface area (Å²) < 4.78 is 6.99. The van der Waals surface area contributed by atoms with Gasteiger partial charge in [-0.3, -0.25) is 0 Å². The zero-order valence-corrected chi connectivity index (χ0v) is 16.6. The molecule has 2 rings (SSSR count). The van der Waals surface area contributed by atoms with E-state index in [2.05, 4.69) is 30.3 Å². The van der Waals surface area contributed by atoms with Crippen LogP contribution < -0.4 is 10.6 Å². The molecular formula is C17H31N3O5P+. The van der Waals surface area contributed by atoms with E-state index >= 15 is 0 Å². The molecule has 5 atom stereocenters. The van der Waals surface area contributed by atoms with Gasteiger partial charge in [-0.05, 0) is 38.9 Å². The maximum Gasteiger partial charge on any atom is 0.500 e. The molecule has 2 aliphatic heterocycles. The Hall–Kier alpha value is -1.05. The minimum atomic E-state index is -1.29. The molecule has 26 heavy (non-hydrogen) atoms. The first-order chi connectivity index (χ1) is 12.1. The lowest BCUT2D eigenvalue weighted by molar-refractivity contribution is -0.536. The largest absolute Gasteiger partial charge is 0.500 e. The van der Waals surface area contributed by atoms with E-state index in [1.165, 1.54) is 10.8 Å². The summed E-state index contributed by atoms with van der Waals surface area (Å²) in [7, 11) is 0. The number of urea groups is 1. The van der Waals surface area contributed by atoms with Crippen molar-refractivity contribution in [3.63, 3.8) is 0 Å². The number of carbonyl (C=O) groups excluding carboxylic acids is 2. The van der Waals surface area contributed by atoms with E-state index in [4.69, 9.17) is 4.74 Å². The summed E-state index contributed by atoms with van der Waals surface area (Å²) in [6, 6.07) is -0.649. The lowest BCUT2D eigenvalue weighted by Crippen LogP contribution is -2.55. The van der Waals surface area contributed by atoms with Crippen LogP contribution in [0.25, 0.3) is 0 Å². The summed E-state index contributed by atoms with van der Waals surface area (Å²) in [5.41, 5.74) is 0. The molecule has 4 N–H and O–H groups in total. The standard InChI is InChI=1S/C17H30N3O5P/c1-5-7-18-9-11-10-20(17(24)19-15(11)23)16-14(22)13(21)12(25-16)6-8-26(2,3)4/h10-14,16,18,21-22H,2,5-9H2,1,3-4H3/p+1/t11?,12-,13-,14-,16?/m1/s1. The Morgan fingerprint density at radius 2 is 2.04 bits per heavy atom. The lowest BCUT2D eigenvalue weighted by atomic mass is 10.1. The third-order valence-corrected chi connectivity index (χ3v) is 6.03. The van der Waals surface area contributed by atoms with Gasteiger partial charge < -0.3 is 20.3 Å². The number of ether oxygens (including phenoxy) is 1. The van der Waals surface area contributed by atoms with Gasteiger partial charge in [-0.15, -0.1) is 13.2 Å². The molecule has 2 aliphatic rings. The van der Waals surface area contributed by atoms with Crippen molar-refractivity contribution in [2.24, 2.45) is 5.92 Å². The van der Waals surface area contributed by atoms with Crippen LogP contribution in [-0.4, -0.2) is 96.4 Å². The summed E-state index contributed by atoms with van der Waals surface area (Å²) >= 11 is 0. The highest BCUT2D eigenvalue weighted by molar-refractivity contribution is 7.72. The molecule has 2 heterocycles. The first kappa shape index (κ1) is 21.3. The van der Waals surface area contributed by atoms with Crippen LogP contribution in [0.15, 0.2) is 0 Å². The summed E-state index contributed by atoms with van der Waals surface area (Å²) in [5, 5.41) is 26.1. The zero-order valence-electron chi connectivity index (χ0n) is 15.7. The van der Waals surface area contributed by atoms with Crippen LogP contribution in [0.3, 0.4) is 0 Å². The van der Waals surface area contributed by atoms with Crippen LogP contribution in [0.4, 0.5) is 4.79 Å². The van der Waals surface area contributed by atoms with E-state index in [9.17, 15) is 19.8 Å². The number of nitrogens with zero attached hydrogens (tertiary/aromatic N) is 1. The smallest absolute Gasteiger partial charge is 0.387 e. The van der Waals surface area contributed by atoms with Crippen molar-refractivity contribution >= 4 is 31.3 Å². The number of amides is 3. The molecule has 0 spiro atoms. The van der Waals surface area contributed by atoms with Gasteiger partial charge in [0.2, 0.25) is 6.23 Å². The average molecular weight is 388 g/mol. The van der Waals surface area contributed by atoms with Crippen LogP contribution in [-0.2, 0) is 9.53 Å². The third-order valence-electron chi connectivity index (χ3n) is 4.56. The molecule has 9 heteroatoms. The lowest BCUT2D eigenvalue weighted by Gasteiger charge is -2.21. The van der Waals surface area contributed by atoms with Crippen molar-refractivity contribution in [3.05, 3.63) is 0 Å². The zero-order chi connectivity index (χ0) is 19.5. The highest BCUT2D eigenvalue weighted by Crippen LogP contribution is 2.38. The van der Waals surface area contributed by atoms with Gasteiger partial charge in [-0.2, -0.15) is 14.7 Å². The fraction of sp³-hybridized carbons (Fsp3) is 0.765. The van der Waals surface area contributed by atoms with Crippen molar-refractivity contribution < 1.29 is 29.1 Å². The number of nitrogens with one attached hydrogen (secondary N) is 2. The molecule has 0 aromatic heterocycles. The first-order valence-electron chi connectivity index (χ1n) is 9.02. The molecular weight excluding hydrogens is 357 g/mol. The molecule has 0 aromatic carbocycles. The van der Waals surface area contributed by atoms with Crippen molar-refractivity contribution in [3.8, 4) is 0 Å². The van der Waals surface area contributed by atoms with Gasteiger partial charge in [0.1, 0.15) is 18.1 Å². The molecule has 148 valence electrons. The molecule has 2 unspecified atom stereocenters. The Balaban J connectivity index is 2.11. The van der Waals surface area contributed by atoms with Gasteiger partial charge in [0.25, 0.3) is 0 Å². The number of carbonyl (C=O) groups is 2. The van der Waals surface area contributed by atoms with Crippen LogP contribution >= 0.6 is 6.89 Å². The van der Waals surface area contributed by atoms with Crippen LogP contribution in [0.2, 0.25) is 0 Å². The molecule has 1 fully saturated rings.